The van der Waals surface area contributed by atoms with E-state index in [9.17, 15) is 9.59 Å². The second kappa shape index (κ2) is 7.31. The number of aryl methyl sites for hydroxylation is 2. The molecular formula is C24H22N2O2. The molecule has 2 amide bonds. The van der Waals surface area contributed by atoms with Gasteiger partial charge in [0.1, 0.15) is 12.6 Å². The van der Waals surface area contributed by atoms with Gasteiger partial charge in [-0.1, -0.05) is 54.6 Å². The van der Waals surface area contributed by atoms with Gasteiger partial charge in [-0.3, -0.25) is 14.5 Å². The lowest BCUT2D eigenvalue weighted by Crippen LogP contribution is -2.56. The molecule has 1 atom stereocenters. The highest BCUT2D eigenvalue weighted by Gasteiger charge is 2.41. The van der Waals surface area contributed by atoms with E-state index in [0.29, 0.717) is 0 Å². The zero-order valence-electron chi connectivity index (χ0n) is 16.0. The van der Waals surface area contributed by atoms with E-state index < -0.39 is 6.04 Å². The van der Waals surface area contributed by atoms with Crippen molar-refractivity contribution in [1.82, 2.24) is 0 Å². The Kier molecular flexibility index (Phi) is 4.70. The quantitative estimate of drug-likeness (QED) is 0.685. The fraction of sp³-hybridized carbons (Fsp3) is 0.167. The molecule has 1 saturated heterocycles. The van der Waals surface area contributed by atoms with Crippen molar-refractivity contribution in [1.29, 1.82) is 0 Å². The minimum absolute atomic E-state index is 0.0273. The first-order chi connectivity index (χ1) is 13.6. The Hall–Kier alpha value is -3.40. The minimum atomic E-state index is -0.688. The van der Waals surface area contributed by atoms with E-state index in [-0.39, 0.29) is 18.4 Å². The average molecular weight is 370 g/mol. The molecule has 4 rings (SSSR count). The van der Waals surface area contributed by atoms with Crippen molar-refractivity contribution in [2.45, 2.75) is 19.9 Å². The molecule has 1 aliphatic rings. The summed E-state index contributed by atoms with van der Waals surface area (Å²) < 4.78 is 0. The van der Waals surface area contributed by atoms with Gasteiger partial charge < -0.3 is 4.90 Å². The topological polar surface area (TPSA) is 40.6 Å². The van der Waals surface area contributed by atoms with Crippen LogP contribution in [0.1, 0.15) is 22.7 Å². The van der Waals surface area contributed by atoms with Crippen LogP contribution >= 0.6 is 0 Å². The maximum absolute atomic E-state index is 13.6. The number of benzene rings is 3. The van der Waals surface area contributed by atoms with E-state index in [2.05, 4.69) is 0 Å². The molecule has 0 N–H and O–H groups in total. The zero-order chi connectivity index (χ0) is 19.7. The van der Waals surface area contributed by atoms with Gasteiger partial charge in [0.05, 0.1) is 0 Å². The van der Waals surface area contributed by atoms with Crippen LogP contribution in [0.2, 0.25) is 0 Å². The van der Waals surface area contributed by atoms with Crippen molar-refractivity contribution in [3.63, 3.8) is 0 Å². The summed E-state index contributed by atoms with van der Waals surface area (Å²) in [7, 11) is 0. The Bertz CT molecular complexity index is 1020. The maximum Gasteiger partial charge on any atom is 0.255 e. The molecule has 140 valence electrons. The molecule has 4 heteroatoms. The molecule has 0 saturated carbocycles. The van der Waals surface area contributed by atoms with Crippen LogP contribution in [0.25, 0.3) is 0 Å². The number of amides is 2. The van der Waals surface area contributed by atoms with E-state index >= 15 is 0 Å². The first-order valence-corrected chi connectivity index (χ1v) is 9.37. The Morgan fingerprint density at radius 3 is 2.04 bits per heavy atom. The first-order valence-electron chi connectivity index (χ1n) is 9.37. The van der Waals surface area contributed by atoms with Crippen molar-refractivity contribution in [3.8, 4) is 0 Å². The van der Waals surface area contributed by atoms with E-state index in [1.165, 1.54) is 0 Å². The Morgan fingerprint density at radius 1 is 0.750 bits per heavy atom. The second-order valence-electron chi connectivity index (χ2n) is 7.11. The lowest BCUT2D eigenvalue weighted by Gasteiger charge is -2.40. The molecular weight excluding hydrogens is 348 g/mol. The minimum Gasteiger partial charge on any atom is -0.301 e. The Morgan fingerprint density at radius 2 is 1.39 bits per heavy atom. The third kappa shape index (κ3) is 3.18. The molecule has 3 aromatic carbocycles. The van der Waals surface area contributed by atoms with Gasteiger partial charge in [0.2, 0.25) is 5.91 Å². The van der Waals surface area contributed by atoms with Crippen LogP contribution in [0.4, 0.5) is 11.4 Å². The Balaban J connectivity index is 1.81. The SMILES string of the molecule is Cc1ccc(N2CC(=O)N(c3ccccc3)[C@@H](c3ccccc3)C2=O)cc1C. The number of carbonyl (C=O) groups excluding carboxylic acids is 2. The number of carbonyl (C=O) groups is 2. The molecule has 4 nitrogen and oxygen atoms in total. The standard InChI is InChI=1S/C24H22N2O2/c1-17-13-14-21(15-18(17)2)25-16-22(27)26(20-11-7-4-8-12-20)23(24(25)28)19-9-5-3-6-10-19/h3-15,23H,16H2,1-2H3/t23-/m0/s1. The second-order valence-corrected chi connectivity index (χ2v) is 7.11. The van der Waals surface area contributed by atoms with Crippen LogP contribution < -0.4 is 9.80 Å². The number of hydrogen-bond acceptors (Lipinski definition) is 2. The summed E-state index contributed by atoms with van der Waals surface area (Å²) >= 11 is 0. The van der Waals surface area contributed by atoms with Crippen LogP contribution in [0.15, 0.2) is 78.9 Å². The molecule has 0 unspecified atom stereocenters. The smallest absolute Gasteiger partial charge is 0.255 e. The lowest BCUT2D eigenvalue weighted by atomic mass is 9.99. The summed E-state index contributed by atoms with van der Waals surface area (Å²) in [5, 5.41) is 0. The fourth-order valence-electron chi connectivity index (χ4n) is 3.61. The van der Waals surface area contributed by atoms with Crippen LogP contribution in [0.3, 0.4) is 0 Å². The molecule has 1 heterocycles. The van der Waals surface area contributed by atoms with Gasteiger partial charge >= 0.3 is 0 Å². The Labute approximate surface area is 165 Å². The molecule has 1 aliphatic heterocycles. The monoisotopic (exact) mass is 370 g/mol. The third-order valence-corrected chi connectivity index (χ3v) is 5.27. The largest absolute Gasteiger partial charge is 0.301 e. The van der Waals surface area contributed by atoms with Gasteiger partial charge in [-0.25, -0.2) is 0 Å². The van der Waals surface area contributed by atoms with E-state index in [1.807, 2.05) is 92.7 Å². The molecule has 0 aliphatic carbocycles. The number of hydrogen-bond donors (Lipinski definition) is 0. The highest BCUT2D eigenvalue weighted by Crippen LogP contribution is 2.34. The number of anilines is 2. The van der Waals surface area contributed by atoms with Crippen LogP contribution in [0.5, 0.6) is 0 Å². The van der Waals surface area contributed by atoms with E-state index in [1.54, 1.807) is 9.80 Å². The zero-order valence-corrected chi connectivity index (χ0v) is 16.0. The van der Waals surface area contributed by atoms with Crippen LogP contribution in [0, 0.1) is 13.8 Å². The van der Waals surface area contributed by atoms with Crippen molar-refractivity contribution in [2.24, 2.45) is 0 Å². The van der Waals surface area contributed by atoms with Gasteiger partial charge in [0, 0.05) is 11.4 Å². The van der Waals surface area contributed by atoms with Gasteiger partial charge in [0.15, 0.2) is 0 Å². The molecule has 0 spiro atoms. The van der Waals surface area contributed by atoms with Gasteiger partial charge in [-0.05, 0) is 54.8 Å². The lowest BCUT2D eigenvalue weighted by molar-refractivity contribution is -0.128. The number of para-hydroxylation sites is 1. The molecule has 3 aromatic rings. The average Bonchev–Trinajstić information content (AvgIpc) is 2.72. The molecule has 0 radical (unpaired) electrons. The summed E-state index contributed by atoms with van der Waals surface area (Å²) in [6.45, 7) is 4.08. The maximum atomic E-state index is 13.6. The molecule has 0 bridgehead atoms. The summed E-state index contributed by atoms with van der Waals surface area (Å²) in [5.74, 6) is -0.198. The highest BCUT2D eigenvalue weighted by atomic mass is 16.2. The number of rotatable bonds is 3. The predicted octanol–water partition coefficient (Wildman–Crippen LogP) is 4.42. The van der Waals surface area contributed by atoms with E-state index in [4.69, 9.17) is 0 Å². The number of piperazine rings is 1. The predicted molar refractivity (Wildman–Crippen MR) is 111 cm³/mol. The fourth-order valence-corrected chi connectivity index (χ4v) is 3.61. The van der Waals surface area contributed by atoms with E-state index in [0.717, 1.165) is 28.1 Å². The highest BCUT2D eigenvalue weighted by molar-refractivity contribution is 6.14. The summed E-state index contributed by atoms with van der Waals surface area (Å²) in [6.07, 6.45) is 0. The summed E-state index contributed by atoms with van der Waals surface area (Å²) in [6, 6.07) is 24.1. The van der Waals surface area contributed by atoms with Gasteiger partial charge in [-0.15, -0.1) is 0 Å². The van der Waals surface area contributed by atoms with Crippen LogP contribution in [-0.4, -0.2) is 18.4 Å². The normalized spacial score (nSPS) is 17.1. The third-order valence-electron chi connectivity index (χ3n) is 5.27. The van der Waals surface area contributed by atoms with Gasteiger partial charge in [-0.2, -0.15) is 0 Å². The van der Waals surface area contributed by atoms with Crippen molar-refractivity contribution in [2.75, 3.05) is 16.3 Å². The molecule has 28 heavy (non-hydrogen) atoms. The van der Waals surface area contributed by atoms with Crippen molar-refractivity contribution >= 4 is 23.2 Å². The molecule has 1 fully saturated rings. The van der Waals surface area contributed by atoms with Crippen LogP contribution in [-0.2, 0) is 9.59 Å². The summed E-state index contributed by atoms with van der Waals surface area (Å²) in [5.41, 5.74) is 4.55. The van der Waals surface area contributed by atoms with Gasteiger partial charge in [0.25, 0.3) is 5.91 Å². The van der Waals surface area contributed by atoms with Crippen molar-refractivity contribution in [3.05, 3.63) is 95.6 Å². The summed E-state index contributed by atoms with van der Waals surface area (Å²) in [4.78, 5) is 30.0. The molecule has 0 aromatic heterocycles. The number of nitrogens with zero attached hydrogens (tertiary/aromatic N) is 2. The van der Waals surface area contributed by atoms with Crippen molar-refractivity contribution < 1.29 is 9.59 Å². The first kappa shape index (κ1) is 18.0.